The van der Waals surface area contributed by atoms with Crippen molar-refractivity contribution in [3.63, 3.8) is 0 Å². The number of amides is 1. The Hall–Kier alpha value is -1.31. The topological polar surface area (TPSA) is 92.4 Å². The maximum atomic E-state index is 12.3. The van der Waals surface area contributed by atoms with Gasteiger partial charge in [0.1, 0.15) is 0 Å². The molecule has 0 fully saturated rings. The molecule has 2 unspecified atom stereocenters. The Morgan fingerprint density at radius 2 is 1.82 bits per heavy atom. The number of alkyl halides is 3. The fourth-order valence-electron chi connectivity index (χ4n) is 1.25. The Balaban J connectivity index is 4.60. The molecule has 0 radical (unpaired) electrons. The lowest BCUT2D eigenvalue weighted by molar-refractivity contribution is -0.192. The molecule has 0 aromatic heterocycles. The molecule has 0 aliphatic rings. The van der Waals surface area contributed by atoms with Gasteiger partial charge in [0.05, 0.1) is 6.04 Å². The van der Waals surface area contributed by atoms with Crippen molar-refractivity contribution >= 4 is 11.9 Å². The minimum Gasteiger partial charge on any atom is -0.481 e. The first-order valence-corrected chi connectivity index (χ1v) is 4.89. The van der Waals surface area contributed by atoms with Crippen molar-refractivity contribution in [1.29, 1.82) is 0 Å². The normalized spacial score (nSPS) is 15.6. The molecule has 0 heterocycles. The van der Waals surface area contributed by atoms with E-state index in [2.05, 4.69) is 5.32 Å². The Bertz CT molecular complexity index is 292. The molecule has 4 N–H and O–H groups in total. The maximum Gasteiger partial charge on any atom is 0.403 e. The molecule has 0 rings (SSSR count). The van der Waals surface area contributed by atoms with E-state index in [-0.39, 0.29) is 5.92 Å². The SMILES string of the molecule is CC(C)C(NCC(C(=O)O)C(F)(F)F)C(N)=O. The van der Waals surface area contributed by atoms with Crippen LogP contribution < -0.4 is 11.1 Å². The molecule has 0 saturated carbocycles. The van der Waals surface area contributed by atoms with Gasteiger partial charge in [-0.15, -0.1) is 0 Å². The third kappa shape index (κ3) is 5.03. The van der Waals surface area contributed by atoms with Crippen molar-refractivity contribution in [3.8, 4) is 0 Å². The van der Waals surface area contributed by atoms with Crippen molar-refractivity contribution < 1.29 is 27.9 Å². The number of carboxylic acids is 1. The van der Waals surface area contributed by atoms with Gasteiger partial charge in [-0.05, 0) is 5.92 Å². The monoisotopic (exact) mass is 256 g/mol. The lowest BCUT2D eigenvalue weighted by Gasteiger charge is -2.22. The van der Waals surface area contributed by atoms with Gasteiger partial charge < -0.3 is 16.2 Å². The summed E-state index contributed by atoms with van der Waals surface area (Å²) in [5.74, 6) is -5.68. The standard InChI is InChI=1S/C9H15F3N2O3/c1-4(2)6(7(13)15)14-3-5(8(16)17)9(10,11)12/h4-6,14H,3H2,1-2H3,(H2,13,15)(H,16,17). The number of aliphatic carboxylic acids is 1. The maximum absolute atomic E-state index is 12.3. The van der Waals surface area contributed by atoms with Gasteiger partial charge in [-0.3, -0.25) is 9.59 Å². The Morgan fingerprint density at radius 1 is 1.35 bits per heavy atom. The van der Waals surface area contributed by atoms with E-state index in [4.69, 9.17) is 10.8 Å². The summed E-state index contributed by atoms with van der Waals surface area (Å²) >= 11 is 0. The summed E-state index contributed by atoms with van der Waals surface area (Å²) in [5, 5.41) is 10.7. The first kappa shape index (κ1) is 15.7. The summed E-state index contributed by atoms with van der Waals surface area (Å²) < 4.78 is 36.9. The fraction of sp³-hybridized carbons (Fsp3) is 0.778. The van der Waals surface area contributed by atoms with Crippen LogP contribution in [0.5, 0.6) is 0 Å². The van der Waals surface area contributed by atoms with Crippen molar-refractivity contribution in [2.45, 2.75) is 26.1 Å². The molecular formula is C9H15F3N2O3. The van der Waals surface area contributed by atoms with Gasteiger partial charge in [-0.25, -0.2) is 0 Å². The number of carboxylic acid groups (broad SMARTS) is 1. The van der Waals surface area contributed by atoms with E-state index in [9.17, 15) is 22.8 Å². The second kappa shape index (κ2) is 5.85. The molecule has 8 heteroatoms. The number of hydrogen-bond acceptors (Lipinski definition) is 3. The average Bonchev–Trinajstić information content (AvgIpc) is 2.07. The highest BCUT2D eigenvalue weighted by Crippen LogP contribution is 2.26. The number of nitrogens with one attached hydrogen (secondary N) is 1. The molecule has 0 aliphatic carbocycles. The molecule has 0 aromatic carbocycles. The third-order valence-corrected chi connectivity index (χ3v) is 2.21. The van der Waals surface area contributed by atoms with Crippen LogP contribution in [-0.2, 0) is 9.59 Å². The summed E-state index contributed by atoms with van der Waals surface area (Å²) in [4.78, 5) is 21.3. The van der Waals surface area contributed by atoms with E-state index < -0.39 is 36.6 Å². The molecule has 0 aromatic rings. The van der Waals surface area contributed by atoms with Crippen LogP contribution in [-0.4, -0.2) is 35.7 Å². The highest BCUT2D eigenvalue weighted by atomic mass is 19.4. The predicted molar refractivity (Wildman–Crippen MR) is 53.0 cm³/mol. The van der Waals surface area contributed by atoms with Crippen LogP contribution in [0.15, 0.2) is 0 Å². The lowest BCUT2D eigenvalue weighted by atomic mass is 10.0. The molecule has 0 bridgehead atoms. The zero-order valence-corrected chi connectivity index (χ0v) is 9.41. The van der Waals surface area contributed by atoms with Crippen LogP contribution >= 0.6 is 0 Å². The van der Waals surface area contributed by atoms with E-state index in [1.54, 1.807) is 13.8 Å². The summed E-state index contributed by atoms with van der Waals surface area (Å²) in [6, 6.07) is -0.987. The van der Waals surface area contributed by atoms with Crippen molar-refractivity contribution in [3.05, 3.63) is 0 Å². The highest BCUT2D eigenvalue weighted by Gasteiger charge is 2.45. The van der Waals surface area contributed by atoms with Gasteiger partial charge in [-0.2, -0.15) is 13.2 Å². The average molecular weight is 256 g/mol. The van der Waals surface area contributed by atoms with Crippen LogP contribution in [0.1, 0.15) is 13.8 Å². The van der Waals surface area contributed by atoms with Crippen LogP contribution in [0.4, 0.5) is 13.2 Å². The summed E-state index contributed by atoms with van der Waals surface area (Å²) in [6.07, 6.45) is -4.86. The smallest absolute Gasteiger partial charge is 0.403 e. The summed E-state index contributed by atoms with van der Waals surface area (Å²) in [7, 11) is 0. The van der Waals surface area contributed by atoms with E-state index in [1.165, 1.54) is 0 Å². The van der Waals surface area contributed by atoms with Gasteiger partial charge in [0, 0.05) is 6.54 Å². The number of halogens is 3. The highest BCUT2D eigenvalue weighted by molar-refractivity contribution is 5.80. The fourth-order valence-corrected chi connectivity index (χ4v) is 1.25. The first-order valence-electron chi connectivity index (χ1n) is 4.89. The van der Waals surface area contributed by atoms with E-state index in [0.717, 1.165) is 0 Å². The Labute approximate surface area is 96.2 Å². The van der Waals surface area contributed by atoms with Gasteiger partial charge in [0.15, 0.2) is 5.92 Å². The number of carbonyl (C=O) groups is 2. The number of rotatable bonds is 6. The predicted octanol–water partition coefficient (Wildman–Crippen LogP) is 0.349. The second-order valence-electron chi connectivity index (χ2n) is 3.96. The third-order valence-electron chi connectivity index (χ3n) is 2.21. The second-order valence-corrected chi connectivity index (χ2v) is 3.96. The Morgan fingerprint density at radius 3 is 2.06 bits per heavy atom. The van der Waals surface area contributed by atoms with Gasteiger partial charge in [-0.1, -0.05) is 13.8 Å². The first-order chi connectivity index (χ1) is 7.57. The molecule has 0 saturated heterocycles. The van der Waals surface area contributed by atoms with Gasteiger partial charge in [0.2, 0.25) is 5.91 Å². The number of nitrogens with two attached hydrogens (primary N) is 1. The minimum absolute atomic E-state index is 0.324. The van der Waals surface area contributed by atoms with Gasteiger partial charge in [0.25, 0.3) is 0 Å². The molecular weight excluding hydrogens is 241 g/mol. The lowest BCUT2D eigenvalue weighted by Crippen LogP contribution is -2.49. The number of carbonyl (C=O) groups excluding carboxylic acids is 1. The zero-order chi connectivity index (χ0) is 13.8. The number of primary amides is 1. The molecule has 0 aliphatic heterocycles. The number of hydrogen-bond donors (Lipinski definition) is 3. The van der Waals surface area contributed by atoms with Crippen LogP contribution in [0.25, 0.3) is 0 Å². The van der Waals surface area contributed by atoms with E-state index in [1.807, 2.05) is 0 Å². The molecule has 17 heavy (non-hydrogen) atoms. The zero-order valence-electron chi connectivity index (χ0n) is 9.41. The van der Waals surface area contributed by atoms with Crippen LogP contribution in [0, 0.1) is 11.8 Å². The van der Waals surface area contributed by atoms with Crippen LogP contribution in [0.3, 0.4) is 0 Å². The van der Waals surface area contributed by atoms with Crippen molar-refractivity contribution in [1.82, 2.24) is 5.32 Å². The summed E-state index contributed by atoms with van der Waals surface area (Å²) in [5.41, 5.74) is 4.98. The van der Waals surface area contributed by atoms with E-state index in [0.29, 0.717) is 0 Å². The summed E-state index contributed by atoms with van der Waals surface area (Å²) in [6.45, 7) is 2.29. The van der Waals surface area contributed by atoms with Crippen LogP contribution in [0.2, 0.25) is 0 Å². The molecule has 0 spiro atoms. The molecule has 1 amide bonds. The van der Waals surface area contributed by atoms with Crippen molar-refractivity contribution in [2.75, 3.05) is 6.54 Å². The van der Waals surface area contributed by atoms with E-state index >= 15 is 0 Å². The largest absolute Gasteiger partial charge is 0.481 e. The van der Waals surface area contributed by atoms with Crippen molar-refractivity contribution in [2.24, 2.45) is 17.6 Å². The molecule has 100 valence electrons. The molecule has 2 atom stereocenters. The Kier molecular flexibility index (Phi) is 5.40. The quantitative estimate of drug-likeness (QED) is 0.639. The van der Waals surface area contributed by atoms with Gasteiger partial charge >= 0.3 is 12.1 Å². The minimum atomic E-state index is -4.86. The molecule has 5 nitrogen and oxygen atoms in total.